The summed E-state index contributed by atoms with van der Waals surface area (Å²) < 4.78 is 23.1. The molecular weight excluding hydrogens is 650 g/mol. The molecule has 11 nitrogen and oxygen atoms in total. The molecule has 2 aromatic rings. The van der Waals surface area contributed by atoms with Gasteiger partial charge in [-0.25, -0.2) is 4.79 Å². The average molecular weight is 698 g/mol. The SMILES string of the molecule is COc1ccc(C[C@H]2NC(=O)/C=C/C[C@@H](C(C)[C@@H]3O[C@H]3c3ccc(CN)cc3)OC(=O)[C@H](CC(C)C)OC(=O)C(C)(C)CNC2=O)cc1Cl. The Bertz CT molecular complexity index is 1530. The number of ether oxygens (including phenoxy) is 4. The fourth-order valence-corrected chi connectivity index (χ4v) is 5.95. The zero-order chi connectivity index (χ0) is 35.9. The van der Waals surface area contributed by atoms with Crippen molar-refractivity contribution in [2.75, 3.05) is 13.7 Å². The van der Waals surface area contributed by atoms with Crippen LogP contribution in [0.4, 0.5) is 0 Å². The maximum absolute atomic E-state index is 13.6. The Morgan fingerprint density at radius 1 is 1.02 bits per heavy atom. The molecular formula is C37H48ClN3O8. The Labute approximate surface area is 293 Å². The highest BCUT2D eigenvalue weighted by Crippen LogP contribution is 2.45. The van der Waals surface area contributed by atoms with Crippen LogP contribution in [-0.2, 0) is 46.4 Å². The minimum atomic E-state index is -1.21. The number of epoxide rings is 1. The van der Waals surface area contributed by atoms with Gasteiger partial charge in [-0.2, -0.15) is 0 Å². The lowest BCUT2D eigenvalue weighted by atomic mass is 9.92. The third-order valence-corrected chi connectivity index (χ3v) is 9.12. The highest BCUT2D eigenvalue weighted by molar-refractivity contribution is 6.32. The lowest BCUT2D eigenvalue weighted by Crippen LogP contribution is -2.51. The zero-order valence-corrected chi connectivity index (χ0v) is 29.8. The summed E-state index contributed by atoms with van der Waals surface area (Å²) in [5.41, 5.74) is 7.22. The van der Waals surface area contributed by atoms with Crippen LogP contribution < -0.4 is 21.1 Å². The van der Waals surface area contributed by atoms with E-state index in [-0.39, 0.29) is 49.9 Å². The largest absolute Gasteiger partial charge is 0.495 e. The maximum Gasteiger partial charge on any atom is 0.347 e. The number of rotatable bonds is 9. The van der Waals surface area contributed by atoms with Crippen LogP contribution in [0.15, 0.2) is 54.6 Å². The number of amides is 2. The van der Waals surface area contributed by atoms with E-state index in [4.69, 9.17) is 36.3 Å². The van der Waals surface area contributed by atoms with Gasteiger partial charge in [0.2, 0.25) is 11.8 Å². The molecule has 2 amide bonds. The normalized spacial score (nSPS) is 26.2. The van der Waals surface area contributed by atoms with E-state index in [9.17, 15) is 19.2 Å². The quantitative estimate of drug-likeness (QED) is 0.252. The summed E-state index contributed by atoms with van der Waals surface area (Å²) in [4.78, 5) is 53.7. The van der Waals surface area contributed by atoms with Gasteiger partial charge in [-0.1, -0.05) is 68.8 Å². The molecule has 0 saturated carbocycles. The highest BCUT2D eigenvalue weighted by Gasteiger charge is 2.48. The summed E-state index contributed by atoms with van der Waals surface area (Å²) >= 11 is 6.32. The summed E-state index contributed by atoms with van der Waals surface area (Å²) in [5, 5.41) is 5.91. The first-order valence-electron chi connectivity index (χ1n) is 16.7. The second-order valence-corrected chi connectivity index (χ2v) is 14.2. The van der Waals surface area contributed by atoms with Gasteiger partial charge in [0.1, 0.15) is 24.0 Å². The van der Waals surface area contributed by atoms with Crippen LogP contribution in [0, 0.1) is 17.3 Å². The summed E-state index contributed by atoms with van der Waals surface area (Å²) in [7, 11) is 1.50. The Morgan fingerprint density at radius 3 is 2.35 bits per heavy atom. The molecule has 266 valence electrons. The maximum atomic E-state index is 13.6. The Kier molecular flexibility index (Phi) is 12.9. The molecule has 49 heavy (non-hydrogen) atoms. The minimum absolute atomic E-state index is 0.0121. The smallest absolute Gasteiger partial charge is 0.347 e. The van der Waals surface area contributed by atoms with E-state index in [1.165, 1.54) is 13.2 Å². The van der Waals surface area contributed by atoms with E-state index in [1.54, 1.807) is 38.1 Å². The Morgan fingerprint density at radius 2 is 1.71 bits per heavy atom. The van der Waals surface area contributed by atoms with Crippen molar-refractivity contribution in [2.24, 2.45) is 23.0 Å². The predicted octanol–water partition coefficient (Wildman–Crippen LogP) is 4.58. The standard InChI is InChI=1S/C37H48ClN3O8/c1-21(2)16-30-35(44)47-28(22(3)32-33(49-32)25-13-10-23(19-39)11-14-25)8-7-9-31(42)41-27(18-24-12-15-29(46-6)26(38)17-24)34(43)40-20-37(4,5)36(45)48-30/h7,9-15,17,21-22,27-28,30,32-33H,8,16,18-20,39H2,1-6H3,(H,40,43)(H,41,42)/b9-7+/t22?,27-,28+,30+,32+,33+/m1/s1. The van der Waals surface area contributed by atoms with Crippen LogP contribution in [0.5, 0.6) is 5.75 Å². The molecule has 2 aliphatic rings. The molecule has 2 heterocycles. The number of nitrogens with two attached hydrogens (primary N) is 1. The van der Waals surface area contributed by atoms with Crippen molar-refractivity contribution in [3.05, 3.63) is 76.3 Å². The fourth-order valence-electron chi connectivity index (χ4n) is 5.67. The van der Waals surface area contributed by atoms with Gasteiger partial charge in [0.25, 0.3) is 0 Å². The first kappa shape index (κ1) is 37.9. The molecule has 1 unspecified atom stereocenters. The molecule has 4 N–H and O–H groups in total. The number of carbonyl (C=O) groups is 4. The van der Waals surface area contributed by atoms with Gasteiger partial charge >= 0.3 is 11.9 Å². The van der Waals surface area contributed by atoms with Gasteiger partial charge in [0.15, 0.2) is 6.10 Å². The molecule has 2 aromatic carbocycles. The summed E-state index contributed by atoms with van der Waals surface area (Å²) in [6, 6.07) is 12.0. The molecule has 2 aliphatic heterocycles. The molecule has 0 spiro atoms. The number of hydrogen-bond acceptors (Lipinski definition) is 9. The van der Waals surface area contributed by atoms with Crippen molar-refractivity contribution < 1.29 is 38.1 Å². The molecule has 0 aliphatic carbocycles. The number of cyclic esters (lactones) is 2. The van der Waals surface area contributed by atoms with Gasteiger partial charge in [0.05, 0.1) is 23.7 Å². The van der Waals surface area contributed by atoms with Crippen molar-refractivity contribution >= 4 is 35.4 Å². The minimum Gasteiger partial charge on any atom is -0.495 e. The number of esters is 2. The van der Waals surface area contributed by atoms with Crippen LogP contribution >= 0.6 is 11.6 Å². The second kappa shape index (κ2) is 16.7. The number of benzene rings is 2. The molecule has 0 aromatic heterocycles. The van der Waals surface area contributed by atoms with E-state index in [0.29, 0.717) is 22.9 Å². The van der Waals surface area contributed by atoms with Crippen molar-refractivity contribution in [1.82, 2.24) is 10.6 Å². The molecule has 0 bridgehead atoms. The summed E-state index contributed by atoms with van der Waals surface area (Å²) in [6.45, 7) is 9.33. The van der Waals surface area contributed by atoms with Crippen molar-refractivity contribution in [3.8, 4) is 5.75 Å². The third kappa shape index (κ3) is 10.3. The van der Waals surface area contributed by atoms with E-state index in [1.807, 2.05) is 45.0 Å². The molecule has 1 fully saturated rings. The lowest BCUT2D eigenvalue weighted by molar-refractivity contribution is -0.179. The number of nitrogens with one attached hydrogen (secondary N) is 2. The molecule has 4 rings (SSSR count). The molecule has 6 atom stereocenters. The first-order chi connectivity index (χ1) is 23.2. The number of hydrogen-bond donors (Lipinski definition) is 3. The van der Waals surface area contributed by atoms with Crippen LogP contribution in [0.1, 0.15) is 70.3 Å². The third-order valence-electron chi connectivity index (χ3n) is 8.82. The second-order valence-electron chi connectivity index (χ2n) is 13.8. The van der Waals surface area contributed by atoms with Crippen molar-refractivity contribution in [1.29, 1.82) is 0 Å². The zero-order valence-electron chi connectivity index (χ0n) is 29.0. The van der Waals surface area contributed by atoms with Gasteiger partial charge < -0.3 is 35.3 Å². The van der Waals surface area contributed by atoms with Gasteiger partial charge in [0, 0.05) is 31.8 Å². The number of halogens is 1. The van der Waals surface area contributed by atoms with Crippen LogP contribution in [0.3, 0.4) is 0 Å². The molecule has 12 heteroatoms. The number of carbonyl (C=O) groups excluding carboxylic acids is 4. The molecule has 1 saturated heterocycles. The monoisotopic (exact) mass is 697 g/mol. The number of methoxy groups -OCH3 is 1. The van der Waals surface area contributed by atoms with Crippen molar-refractivity contribution in [3.63, 3.8) is 0 Å². The summed E-state index contributed by atoms with van der Waals surface area (Å²) in [6.07, 6.45) is 1.18. The van der Waals surface area contributed by atoms with Gasteiger partial charge in [-0.15, -0.1) is 0 Å². The topological polar surface area (TPSA) is 159 Å². The lowest BCUT2D eigenvalue weighted by Gasteiger charge is -2.29. The molecule has 0 radical (unpaired) electrons. The first-order valence-corrected chi connectivity index (χ1v) is 17.0. The predicted molar refractivity (Wildman–Crippen MR) is 185 cm³/mol. The van der Waals surface area contributed by atoms with E-state index in [2.05, 4.69) is 10.6 Å². The van der Waals surface area contributed by atoms with E-state index >= 15 is 0 Å². The van der Waals surface area contributed by atoms with Crippen LogP contribution in [0.2, 0.25) is 5.02 Å². The van der Waals surface area contributed by atoms with Crippen LogP contribution in [0.25, 0.3) is 0 Å². The van der Waals surface area contributed by atoms with E-state index in [0.717, 1.165) is 11.1 Å². The van der Waals surface area contributed by atoms with Crippen molar-refractivity contribution in [2.45, 2.75) is 90.9 Å². The summed E-state index contributed by atoms with van der Waals surface area (Å²) in [5.74, 6) is -2.14. The Hall–Kier alpha value is -3.93. The van der Waals surface area contributed by atoms with Crippen LogP contribution in [-0.4, -0.2) is 61.8 Å². The van der Waals surface area contributed by atoms with Gasteiger partial charge in [-0.3, -0.25) is 14.4 Å². The fraction of sp³-hybridized carbons (Fsp3) is 0.514. The average Bonchev–Trinajstić information content (AvgIpc) is 3.86. The highest BCUT2D eigenvalue weighted by atomic mass is 35.5. The van der Waals surface area contributed by atoms with Gasteiger partial charge in [-0.05, 0) is 61.1 Å². The Balaban J connectivity index is 1.60. The van der Waals surface area contributed by atoms with E-state index < -0.39 is 47.4 Å².